The highest BCUT2D eigenvalue weighted by molar-refractivity contribution is 7.91. The minimum absolute atomic E-state index is 0.171. The number of nitrogens with one attached hydrogen (secondary N) is 1. The highest BCUT2D eigenvalue weighted by Gasteiger charge is 2.21. The van der Waals surface area contributed by atoms with Crippen LogP contribution in [0, 0.1) is 0 Å². The van der Waals surface area contributed by atoms with Gasteiger partial charge in [-0.25, -0.2) is 8.42 Å². The van der Waals surface area contributed by atoms with Crippen LogP contribution in [0.1, 0.15) is 22.8 Å². The second-order valence-corrected chi connectivity index (χ2v) is 12.7. The number of carbonyl (C=O) groups is 1. The maximum Gasteiger partial charge on any atom is 0.373 e. The smallest absolute Gasteiger partial charge is 0.373 e. The van der Waals surface area contributed by atoms with E-state index in [2.05, 4.69) is 26.9 Å². The van der Waals surface area contributed by atoms with E-state index in [1.54, 1.807) is 0 Å². The van der Waals surface area contributed by atoms with Crippen LogP contribution in [0.3, 0.4) is 0 Å². The summed E-state index contributed by atoms with van der Waals surface area (Å²) in [6.07, 6.45) is 0.250. The summed E-state index contributed by atoms with van der Waals surface area (Å²) in [7, 11) is -2.89. The second kappa shape index (κ2) is 15.0. The molecule has 5 rings (SSSR count). The van der Waals surface area contributed by atoms with Gasteiger partial charge in [0.15, 0.2) is 9.84 Å². The standard InChI is InChI=1S/C30H38N4O4S.CO2/c1-2-32-13-15-33(16-14-32)17-20-38-29-12-11-28(26-5-3-4-6-27(26)29)31-30(35)25-9-7-24(8-10-25)23-34-18-21-39(36,37)22-19-34;2-1-3/h3-12H,2,13-23H2,1H3,(H,31,35);. The number of rotatable bonds is 9. The molecule has 11 heteroatoms. The number of ether oxygens (including phenoxy) is 1. The van der Waals surface area contributed by atoms with Gasteiger partial charge in [0, 0.05) is 74.4 Å². The predicted octanol–water partition coefficient (Wildman–Crippen LogP) is 2.76. The van der Waals surface area contributed by atoms with Gasteiger partial charge in [-0.05, 0) is 36.4 Å². The van der Waals surface area contributed by atoms with Gasteiger partial charge >= 0.3 is 6.15 Å². The molecule has 2 aliphatic rings. The monoisotopic (exact) mass is 594 g/mol. The number of carbonyl (C=O) groups excluding carboxylic acids is 3. The molecule has 0 saturated carbocycles. The van der Waals surface area contributed by atoms with Crippen LogP contribution in [0.2, 0.25) is 0 Å². The van der Waals surface area contributed by atoms with Crippen LogP contribution in [-0.4, -0.2) is 106 Å². The summed E-state index contributed by atoms with van der Waals surface area (Å²) in [5, 5.41) is 4.99. The molecule has 0 aromatic heterocycles. The zero-order valence-corrected chi connectivity index (χ0v) is 24.8. The Morgan fingerprint density at radius 3 is 2.10 bits per heavy atom. The van der Waals surface area contributed by atoms with Crippen molar-refractivity contribution < 1.29 is 27.5 Å². The van der Waals surface area contributed by atoms with Crippen LogP contribution >= 0.6 is 0 Å². The first-order valence-electron chi connectivity index (χ1n) is 14.2. The van der Waals surface area contributed by atoms with Crippen molar-refractivity contribution in [2.75, 3.05) is 75.8 Å². The number of likely N-dealkylation sites (N-methyl/N-ethyl adjacent to an activating group) is 1. The van der Waals surface area contributed by atoms with Gasteiger partial charge in [0.25, 0.3) is 5.91 Å². The molecule has 224 valence electrons. The lowest BCUT2D eigenvalue weighted by Gasteiger charge is -2.33. The van der Waals surface area contributed by atoms with Gasteiger partial charge in [0.05, 0.1) is 11.5 Å². The molecule has 0 bridgehead atoms. The zero-order valence-electron chi connectivity index (χ0n) is 24.0. The number of piperazine rings is 1. The minimum Gasteiger partial charge on any atom is -0.492 e. The van der Waals surface area contributed by atoms with Crippen molar-refractivity contribution in [2.24, 2.45) is 0 Å². The Kier molecular flexibility index (Phi) is 11.2. The molecular weight excluding hydrogens is 556 g/mol. The fourth-order valence-electron chi connectivity index (χ4n) is 5.24. The molecule has 42 heavy (non-hydrogen) atoms. The number of benzene rings is 3. The summed E-state index contributed by atoms with van der Waals surface area (Å²) in [4.78, 5) is 36.4. The van der Waals surface area contributed by atoms with E-state index in [9.17, 15) is 13.2 Å². The van der Waals surface area contributed by atoms with E-state index in [0.29, 0.717) is 31.8 Å². The summed E-state index contributed by atoms with van der Waals surface area (Å²) in [5.41, 5.74) is 2.38. The van der Waals surface area contributed by atoms with Gasteiger partial charge < -0.3 is 15.0 Å². The van der Waals surface area contributed by atoms with Crippen molar-refractivity contribution in [1.82, 2.24) is 14.7 Å². The number of hydrogen-bond acceptors (Lipinski definition) is 9. The van der Waals surface area contributed by atoms with Gasteiger partial charge in [-0.2, -0.15) is 9.59 Å². The van der Waals surface area contributed by atoms with Gasteiger partial charge in [-0.1, -0.05) is 43.3 Å². The quantitative estimate of drug-likeness (QED) is 0.399. The third-order valence-electron chi connectivity index (χ3n) is 7.77. The number of anilines is 1. The normalized spacial score (nSPS) is 17.5. The Labute approximate surface area is 247 Å². The largest absolute Gasteiger partial charge is 0.492 e. The van der Waals surface area contributed by atoms with Crippen molar-refractivity contribution >= 4 is 38.4 Å². The van der Waals surface area contributed by atoms with Crippen molar-refractivity contribution in [1.29, 1.82) is 0 Å². The molecule has 1 amide bonds. The molecule has 0 atom stereocenters. The molecule has 1 N–H and O–H groups in total. The Bertz CT molecular complexity index is 1470. The fourth-order valence-corrected chi connectivity index (χ4v) is 6.52. The molecule has 0 aliphatic carbocycles. The van der Waals surface area contributed by atoms with Gasteiger partial charge in [0.2, 0.25) is 0 Å². The van der Waals surface area contributed by atoms with Crippen LogP contribution in [0.5, 0.6) is 5.75 Å². The Morgan fingerprint density at radius 1 is 0.833 bits per heavy atom. The summed E-state index contributed by atoms with van der Waals surface area (Å²) >= 11 is 0. The van der Waals surface area contributed by atoms with Crippen molar-refractivity contribution in [3.05, 3.63) is 71.8 Å². The molecule has 2 fully saturated rings. The number of hydrogen-bond donors (Lipinski definition) is 1. The average Bonchev–Trinajstić information content (AvgIpc) is 3.00. The summed E-state index contributed by atoms with van der Waals surface area (Å²) in [5.74, 6) is 1.07. The molecule has 2 aliphatic heterocycles. The van der Waals surface area contributed by atoms with Crippen LogP contribution in [0.15, 0.2) is 60.7 Å². The first-order chi connectivity index (χ1) is 20.3. The predicted molar refractivity (Wildman–Crippen MR) is 161 cm³/mol. The van der Waals surface area contributed by atoms with E-state index in [0.717, 1.165) is 67.0 Å². The molecule has 2 saturated heterocycles. The lowest BCUT2D eigenvalue weighted by molar-refractivity contribution is -0.191. The maximum atomic E-state index is 13.1. The van der Waals surface area contributed by atoms with E-state index < -0.39 is 9.84 Å². The third-order valence-corrected chi connectivity index (χ3v) is 9.38. The van der Waals surface area contributed by atoms with Crippen molar-refractivity contribution in [3.63, 3.8) is 0 Å². The number of amides is 1. The average molecular weight is 595 g/mol. The lowest BCUT2D eigenvalue weighted by Crippen LogP contribution is -2.47. The van der Waals surface area contributed by atoms with Gasteiger partial charge in [-0.15, -0.1) is 0 Å². The molecule has 10 nitrogen and oxygen atoms in total. The summed E-state index contributed by atoms with van der Waals surface area (Å²) in [6.45, 7) is 11.0. The van der Waals surface area contributed by atoms with Crippen LogP contribution in [0.25, 0.3) is 10.8 Å². The molecule has 0 radical (unpaired) electrons. The van der Waals surface area contributed by atoms with Crippen LogP contribution in [0.4, 0.5) is 5.69 Å². The van der Waals surface area contributed by atoms with Gasteiger partial charge in [-0.3, -0.25) is 14.6 Å². The van der Waals surface area contributed by atoms with Crippen LogP contribution < -0.4 is 10.1 Å². The highest BCUT2D eigenvalue weighted by atomic mass is 32.2. The minimum atomic E-state index is -2.89. The summed E-state index contributed by atoms with van der Waals surface area (Å²) in [6, 6.07) is 19.4. The summed E-state index contributed by atoms with van der Waals surface area (Å²) < 4.78 is 29.5. The molecule has 0 unspecified atom stereocenters. The van der Waals surface area contributed by atoms with E-state index in [1.807, 2.05) is 60.7 Å². The third kappa shape index (κ3) is 8.70. The van der Waals surface area contributed by atoms with E-state index in [4.69, 9.17) is 14.3 Å². The molecule has 3 aromatic carbocycles. The number of nitrogens with zero attached hydrogens (tertiary/aromatic N) is 3. The number of sulfone groups is 1. The zero-order chi connectivity index (χ0) is 30.0. The fraction of sp³-hybridized carbons (Fsp3) is 0.419. The Balaban J connectivity index is 0.00000129. The van der Waals surface area contributed by atoms with Crippen molar-refractivity contribution in [3.8, 4) is 5.75 Å². The number of fused-ring (bicyclic) bond motifs is 1. The SMILES string of the molecule is CCN1CCN(CCOc2ccc(NC(=O)c3ccc(CN4CCS(=O)(=O)CC4)cc3)c3ccccc23)CC1.O=C=O. The van der Waals surface area contributed by atoms with E-state index in [1.165, 1.54) is 0 Å². The Hall–Kier alpha value is -3.60. The highest BCUT2D eigenvalue weighted by Crippen LogP contribution is 2.32. The Morgan fingerprint density at radius 2 is 1.45 bits per heavy atom. The van der Waals surface area contributed by atoms with E-state index in [-0.39, 0.29) is 23.6 Å². The molecule has 2 heterocycles. The second-order valence-electron chi connectivity index (χ2n) is 10.4. The molecule has 3 aromatic rings. The first-order valence-corrected chi connectivity index (χ1v) is 16.1. The van der Waals surface area contributed by atoms with Gasteiger partial charge in [0.1, 0.15) is 12.4 Å². The first kappa shape index (κ1) is 31.3. The lowest BCUT2D eigenvalue weighted by atomic mass is 10.1. The molecule has 0 spiro atoms. The maximum absolute atomic E-state index is 13.1. The topological polar surface area (TPSA) is 116 Å². The van der Waals surface area contributed by atoms with Crippen molar-refractivity contribution in [2.45, 2.75) is 13.5 Å². The van der Waals surface area contributed by atoms with E-state index >= 15 is 0 Å². The molecular formula is C31H38N4O6S. The van der Waals surface area contributed by atoms with Crippen LogP contribution in [-0.2, 0) is 26.0 Å².